The number of anilines is 1. The number of benzene rings is 1. The van der Waals surface area contributed by atoms with Gasteiger partial charge in [-0.05, 0) is 32.3 Å². The van der Waals surface area contributed by atoms with Gasteiger partial charge >= 0.3 is 6.09 Å². The summed E-state index contributed by atoms with van der Waals surface area (Å²) in [5, 5.41) is 0. The summed E-state index contributed by atoms with van der Waals surface area (Å²) in [4.78, 5) is 27.3. The number of rotatable bonds is 4. The third kappa shape index (κ3) is 4.16. The third-order valence-corrected chi connectivity index (χ3v) is 7.04. The molecule has 0 unspecified atom stereocenters. The lowest BCUT2D eigenvalue weighted by Gasteiger charge is -2.58. The molecular weight excluding hydrogens is 409 g/mol. The van der Waals surface area contributed by atoms with E-state index in [1.807, 2.05) is 24.8 Å². The summed E-state index contributed by atoms with van der Waals surface area (Å²) in [6.45, 7) is 8.30. The number of carbonyl (C=O) groups is 1. The molecule has 2 atom stereocenters. The molecule has 3 fully saturated rings. The zero-order valence-electron chi connectivity index (χ0n) is 18.7. The van der Waals surface area contributed by atoms with Gasteiger partial charge in [0.15, 0.2) is 5.82 Å². The minimum atomic E-state index is -0.454. The van der Waals surface area contributed by atoms with E-state index in [2.05, 4.69) is 39.1 Å². The fourth-order valence-electron chi connectivity index (χ4n) is 5.43. The van der Waals surface area contributed by atoms with Crippen LogP contribution in [-0.2, 0) is 11.3 Å². The second-order valence-electron chi connectivity index (χ2n) is 9.75. The minimum Gasteiger partial charge on any atom is -0.446 e. The van der Waals surface area contributed by atoms with E-state index >= 15 is 0 Å². The number of aromatic nitrogens is 2. The van der Waals surface area contributed by atoms with Gasteiger partial charge in [-0.2, -0.15) is 0 Å². The first-order chi connectivity index (χ1) is 15.4. The quantitative estimate of drug-likeness (QED) is 0.729. The van der Waals surface area contributed by atoms with Gasteiger partial charge in [-0.25, -0.2) is 19.2 Å². The Morgan fingerprint density at radius 3 is 2.47 bits per heavy atom. The van der Waals surface area contributed by atoms with Gasteiger partial charge in [0.2, 0.25) is 5.95 Å². The van der Waals surface area contributed by atoms with Gasteiger partial charge in [-0.1, -0.05) is 30.3 Å². The van der Waals surface area contributed by atoms with Crippen molar-refractivity contribution in [2.24, 2.45) is 5.41 Å². The van der Waals surface area contributed by atoms with E-state index in [9.17, 15) is 9.18 Å². The number of piperazine rings is 1. The molecule has 0 radical (unpaired) electrons. The Kier molecular flexibility index (Phi) is 5.49. The normalized spacial score (nSPS) is 25.3. The van der Waals surface area contributed by atoms with Crippen LogP contribution in [-0.4, -0.2) is 70.2 Å². The fourth-order valence-corrected chi connectivity index (χ4v) is 5.43. The van der Waals surface area contributed by atoms with Gasteiger partial charge in [0.05, 0.1) is 12.4 Å². The second kappa shape index (κ2) is 8.31. The average Bonchev–Trinajstić information content (AvgIpc) is 2.73. The number of carbonyl (C=O) groups excluding carboxylic acids is 1. The lowest BCUT2D eigenvalue weighted by Crippen LogP contribution is -2.64. The molecule has 1 aromatic heterocycles. The molecule has 2 aromatic rings. The number of halogens is 1. The van der Waals surface area contributed by atoms with Gasteiger partial charge in [0.25, 0.3) is 0 Å². The summed E-state index contributed by atoms with van der Waals surface area (Å²) in [5.41, 5.74) is 1.68. The van der Waals surface area contributed by atoms with Crippen molar-refractivity contribution in [1.82, 2.24) is 19.8 Å². The van der Waals surface area contributed by atoms with Crippen LogP contribution >= 0.6 is 0 Å². The lowest BCUT2D eigenvalue weighted by molar-refractivity contribution is -0.137. The molecule has 2 saturated heterocycles. The number of hydrogen-bond donors (Lipinski definition) is 0. The maximum Gasteiger partial charge on any atom is 0.410 e. The highest BCUT2D eigenvalue weighted by Crippen LogP contribution is 2.50. The van der Waals surface area contributed by atoms with Gasteiger partial charge in [-0.15, -0.1) is 0 Å². The molecule has 2 aliphatic heterocycles. The second-order valence-corrected chi connectivity index (χ2v) is 9.75. The molecule has 1 aliphatic carbocycles. The summed E-state index contributed by atoms with van der Waals surface area (Å²) in [6.07, 6.45) is 4.05. The lowest BCUT2D eigenvalue weighted by atomic mass is 9.61. The minimum absolute atomic E-state index is 0.0161. The predicted molar refractivity (Wildman–Crippen MR) is 119 cm³/mol. The Morgan fingerprint density at radius 1 is 1.09 bits per heavy atom. The van der Waals surface area contributed by atoms with Crippen LogP contribution in [0, 0.1) is 11.2 Å². The van der Waals surface area contributed by atoms with Crippen molar-refractivity contribution in [3.05, 3.63) is 54.1 Å². The molecule has 3 aliphatic rings. The number of ether oxygens (including phenoxy) is 1. The van der Waals surface area contributed by atoms with Crippen LogP contribution < -0.4 is 4.90 Å². The van der Waals surface area contributed by atoms with Crippen LogP contribution in [0.15, 0.2) is 42.7 Å². The molecule has 7 nitrogen and oxygen atoms in total. The van der Waals surface area contributed by atoms with E-state index in [0.29, 0.717) is 24.5 Å². The Balaban J connectivity index is 1.08. The molecule has 5 rings (SSSR count). The predicted octanol–water partition coefficient (Wildman–Crippen LogP) is 3.32. The van der Waals surface area contributed by atoms with Gasteiger partial charge < -0.3 is 14.5 Å². The van der Waals surface area contributed by atoms with Crippen molar-refractivity contribution in [3.63, 3.8) is 0 Å². The fraction of sp³-hybridized carbons (Fsp3) is 0.542. The van der Waals surface area contributed by atoms with Gasteiger partial charge in [0, 0.05) is 50.2 Å². The molecule has 1 amide bonds. The first-order valence-corrected chi connectivity index (χ1v) is 11.4. The van der Waals surface area contributed by atoms with Crippen LogP contribution in [0.2, 0.25) is 0 Å². The van der Waals surface area contributed by atoms with Crippen molar-refractivity contribution in [1.29, 1.82) is 0 Å². The third-order valence-electron chi connectivity index (χ3n) is 7.04. The van der Waals surface area contributed by atoms with E-state index in [0.717, 1.165) is 32.5 Å². The van der Waals surface area contributed by atoms with Crippen LogP contribution in [0.1, 0.15) is 32.3 Å². The Hall–Kier alpha value is -2.74. The summed E-state index contributed by atoms with van der Waals surface area (Å²) < 4.78 is 19.0. The van der Waals surface area contributed by atoms with Crippen molar-refractivity contribution >= 4 is 12.0 Å². The van der Waals surface area contributed by atoms with Gasteiger partial charge in [-0.3, -0.25) is 4.90 Å². The standard InChI is InChI=1S/C24H30FN5O2/c1-17-13-30(18(2)12-29(17)22-26-10-20(25)11-27-22)23(31)32-21-8-24(9-21)15-28(16-24)14-19-6-4-3-5-7-19/h3-7,10-11,17-18,21H,8-9,12-16H2,1-2H3/t17-,18+/m0/s1. The molecule has 3 heterocycles. The maximum atomic E-state index is 13.1. The van der Waals surface area contributed by atoms with Crippen LogP contribution in [0.25, 0.3) is 0 Å². The van der Waals surface area contributed by atoms with E-state index < -0.39 is 5.82 Å². The number of likely N-dealkylation sites (tertiary alicyclic amines) is 1. The monoisotopic (exact) mass is 439 g/mol. The summed E-state index contributed by atoms with van der Waals surface area (Å²) in [5.74, 6) is 0.0364. The SMILES string of the molecule is C[C@@H]1CN(c2ncc(F)cn2)[C@@H](C)CN1C(=O)OC1CC2(C1)CN(Cc1ccccc1)C2. The molecule has 1 spiro atoms. The molecule has 0 bridgehead atoms. The average molecular weight is 440 g/mol. The number of nitrogens with zero attached hydrogens (tertiary/aromatic N) is 5. The molecule has 8 heteroatoms. The Bertz CT molecular complexity index is 943. The smallest absolute Gasteiger partial charge is 0.410 e. The van der Waals surface area contributed by atoms with E-state index in [4.69, 9.17) is 4.74 Å². The first kappa shape index (κ1) is 21.1. The van der Waals surface area contributed by atoms with Crippen molar-refractivity contribution in [2.75, 3.05) is 31.1 Å². The van der Waals surface area contributed by atoms with Crippen LogP contribution in [0.5, 0.6) is 0 Å². The Labute approximate surface area is 188 Å². The topological polar surface area (TPSA) is 61.8 Å². The summed E-state index contributed by atoms with van der Waals surface area (Å²) in [7, 11) is 0. The zero-order valence-corrected chi connectivity index (χ0v) is 18.7. The molecule has 32 heavy (non-hydrogen) atoms. The summed E-state index contributed by atoms with van der Waals surface area (Å²) in [6, 6.07) is 10.5. The highest BCUT2D eigenvalue weighted by molar-refractivity contribution is 5.69. The van der Waals surface area contributed by atoms with Crippen molar-refractivity contribution < 1.29 is 13.9 Å². The molecule has 170 valence electrons. The van der Waals surface area contributed by atoms with E-state index in [1.165, 1.54) is 18.0 Å². The summed E-state index contributed by atoms with van der Waals surface area (Å²) >= 11 is 0. The first-order valence-electron chi connectivity index (χ1n) is 11.4. The van der Waals surface area contributed by atoms with E-state index in [-0.39, 0.29) is 24.3 Å². The molecular formula is C24H30FN5O2. The molecule has 0 N–H and O–H groups in total. The van der Waals surface area contributed by atoms with E-state index in [1.54, 1.807) is 4.90 Å². The van der Waals surface area contributed by atoms with Crippen LogP contribution in [0.3, 0.4) is 0 Å². The molecule has 1 aromatic carbocycles. The highest BCUT2D eigenvalue weighted by Gasteiger charge is 2.54. The van der Waals surface area contributed by atoms with Crippen molar-refractivity contribution in [3.8, 4) is 0 Å². The maximum absolute atomic E-state index is 13.1. The highest BCUT2D eigenvalue weighted by atomic mass is 19.1. The van der Waals surface area contributed by atoms with Crippen molar-refractivity contribution in [2.45, 2.75) is 51.4 Å². The number of amides is 1. The largest absolute Gasteiger partial charge is 0.446 e. The zero-order chi connectivity index (χ0) is 22.3. The Morgan fingerprint density at radius 2 is 1.78 bits per heavy atom. The van der Waals surface area contributed by atoms with Crippen LogP contribution in [0.4, 0.5) is 15.1 Å². The number of hydrogen-bond acceptors (Lipinski definition) is 6. The van der Waals surface area contributed by atoms with Gasteiger partial charge in [0.1, 0.15) is 6.10 Å². The molecule has 1 saturated carbocycles.